The van der Waals surface area contributed by atoms with E-state index in [0.717, 1.165) is 22.9 Å². The first kappa shape index (κ1) is 19.4. The monoisotopic (exact) mass is 453 g/mol. The van der Waals surface area contributed by atoms with Crippen molar-refractivity contribution in [3.63, 3.8) is 0 Å². The van der Waals surface area contributed by atoms with Gasteiger partial charge in [0.2, 0.25) is 0 Å². The Morgan fingerprint density at radius 1 is 0.618 bits per heavy atom. The summed E-state index contributed by atoms with van der Waals surface area (Å²) >= 11 is 0. The van der Waals surface area contributed by atoms with Crippen molar-refractivity contribution in [1.29, 1.82) is 0 Å². The second kappa shape index (κ2) is 6.99. The molecule has 0 saturated carbocycles. The molecule has 0 fully saturated rings. The highest BCUT2D eigenvalue weighted by Gasteiger charge is 2.42. The second-order valence-corrected chi connectivity index (χ2v) is 13.8. The highest BCUT2D eigenvalue weighted by atomic mass is 28.3. The third kappa shape index (κ3) is 2.57. The van der Waals surface area contributed by atoms with E-state index in [0.29, 0.717) is 0 Å². The van der Waals surface area contributed by atoms with Crippen molar-refractivity contribution in [2.45, 2.75) is 13.1 Å². The SMILES string of the molecule is C[Si]1(C)c2ccccc2-c2nc(-c3ccccc3)nc(-n3c4ccccc4c4ccccc43)c21. The molecule has 3 heterocycles. The van der Waals surface area contributed by atoms with Crippen molar-refractivity contribution in [2.24, 2.45) is 0 Å². The molecule has 4 aromatic carbocycles. The third-order valence-electron chi connectivity index (χ3n) is 7.19. The van der Waals surface area contributed by atoms with E-state index >= 15 is 0 Å². The van der Waals surface area contributed by atoms with Crippen LogP contribution in [-0.2, 0) is 0 Å². The minimum absolute atomic E-state index is 0.776. The molecule has 0 amide bonds. The molecule has 1 aliphatic rings. The van der Waals surface area contributed by atoms with Crippen molar-refractivity contribution in [2.75, 3.05) is 0 Å². The minimum Gasteiger partial charge on any atom is -0.294 e. The van der Waals surface area contributed by atoms with Crippen molar-refractivity contribution in [1.82, 2.24) is 14.5 Å². The third-order valence-corrected chi connectivity index (χ3v) is 10.7. The molecule has 0 N–H and O–H groups in total. The number of hydrogen-bond donors (Lipinski definition) is 0. The number of benzene rings is 4. The van der Waals surface area contributed by atoms with Gasteiger partial charge in [0.05, 0.1) is 16.7 Å². The van der Waals surface area contributed by atoms with Gasteiger partial charge in [-0.3, -0.25) is 4.57 Å². The van der Waals surface area contributed by atoms with Gasteiger partial charge >= 0.3 is 0 Å². The van der Waals surface area contributed by atoms with Gasteiger partial charge < -0.3 is 0 Å². The molecular weight excluding hydrogens is 430 g/mol. The van der Waals surface area contributed by atoms with E-state index < -0.39 is 8.07 Å². The van der Waals surface area contributed by atoms with Gasteiger partial charge in [0.15, 0.2) is 5.82 Å². The van der Waals surface area contributed by atoms with E-state index in [4.69, 9.17) is 9.97 Å². The molecule has 4 heteroatoms. The lowest BCUT2D eigenvalue weighted by Gasteiger charge is -2.22. The molecule has 1 aliphatic heterocycles. The molecule has 162 valence electrons. The lowest BCUT2D eigenvalue weighted by Crippen LogP contribution is -2.51. The standard InChI is InChI=1S/C30H23N3Si/c1-34(2)26-19-11-8-16-23(26)27-28(34)30(32-29(31-27)20-12-4-3-5-13-20)33-24-17-9-6-14-21(24)22-15-7-10-18-25(22)33/h3-19H,1-2H3. The van der Waals surface area contributed by atoms with Crippen molar-refractivity contribution >= 4 is 40.3 Å². The Bertz CT molecular complexity index is 1680. The van der Waals surface area contributed by atoms with Crippen LogP contribution in [0, 0.1) is 0 Å². The van der Waals surface area contributed by atoms with Crippen molar-refractivity contribution < 1.29 is 0 Å². The zero-order chi connectivity index (χ0) is 22.9. The molecular formula is C30H23N3Si. The second-order valence-electron chi connectivity index (χ2n) is 9.50. The molecule has 34 heavy (non-hydrogen) atoms. The maximum absolute atomic E-state index is 5.32. The molecule has 0 atom stereocenters. The molecule has 3 nitrogen and oxygen atoms in total. The maximum atomic E-state index is 5.32. The number of aromatic nitrogens is 3. The molecule has 0 aliphatic carbocycles. The summed E-state index contributed by atoms with van der Waals surface area (Å²) in [6.07, 6.45) is 0. The topological polar surface area (TPSA) is 30.7 Å². The summed E-state index contributed by atoms with van der Waals surface area (Å²) in [5, 5.41) is 5.26. The molecule has 0 unspecified atom stereocenters. The fourth-order valence-electron chi connectivity index (χ4n) is 5.62. The largest absolute Gasteiger partial charge is 0.294 e. The molecule has 2 aromatic heterocycles. The Labute approximate surface area is 199 Å². The van der Waals surface area contributed by atoms with Gasteiger partial charge in [-0.25, -0.2) is 9.97 Å². The van der Waals surface area contributed by atoms with Crippen molar-refractivity contribution in [3.05, 3.63) is 103 Å². The first-order valence-corrected chi connectivity index (χ1v) is 14.7. The van der Waals surface area contributed by atoms with Gasteiger partial charge in [0.25, 0.3) is 0 Å². The first-order valence-electron chi connectivity index (χ1n) is 11.7. The number of nitrogens with zero attached hydrogens (tertiary/aromatic N) is 3. The Hall–Kier alpha value is -4.02. The normalized spacial score (nSPS) is 13.8. The van der Waals surface area contributed by atoms with E-state index in [1.165, 1.54) is 37.7 Å². The average Bonchev–Trinajstić information content (AvgIpc) is 3.34. The fourth-order valence-corrected chi connectivity index (χ4v) is 8.78. The molecule has 0 saturated heterocycles. The van der Waals surface area contributed by atoms with E-state index in [1.54, 1.807) is 0 Å². The van der Waals surface area contributed by atoms with Crippen LogP contribution < -0.4 is 10.4 Å². The van der Waals surface area contributed by atoms with Gasteiger partial charge in [-0.1, -0.05) is 104 Å². The van der Waals surface area contributed by atoms with E-state index in [1.807, 2.05) is 6.07 Å². The number of para-hydroxylation sites is 2. The summed E-state index contributed by atoms with van der Waals surface area (Å²) in [4.78, 5) is 10.5. The van der Waals surface area contributed by atoms with Crippen LogP contribution in [0.5, 0.6) is 0 Å². The Morgan fingerprint density at radius 3 is 1.91 bits per heavy atom. The zero-order valence-electron chi connectivity index (χ0n) is 19.2. The average molecular weight is 454 g/mol. The van der Waals surface area contributed by atoms with Crippen LogP contribution in [0.15, 0.2) is 103 Å². The summed E-state index contributed by atoms with van der Waals surface area (Å²) < 4.78 is 2.37. The van der Waals surface area contributed by atoms with Gasteiger partial charge in [-0.15, -0.1) is 0 Å². The zero-order valence-corrected chi connectivity index (χ0v) is 20.2. The van der Waals surface area contributed by atoms with Crippen LogP contribution in [0.2, 0.25) is 13.1 Å². The Morgan fingerprint density at radius 2 is 1.21 bits per heavy atom. The summed E-state index contributed by atoms with van der Waals surface area (Å²) in [5.41, 5.74) is 5.76. The first-order chi connectivity index (χ1) is 16.6. The fraction of sp³-hybridized carbons (Fsp3) is 0.0667. The molecule has 6 aromatic rings. The van der Waals surface area contributed by atoms with Crippen LogP contribution in [-0.4, -0.2) is 22.6 Å². The van der Waals surface area contributed by atoms with Crippen LogP contribution >= 0.6 is 0 Å². The molecule has 0 radical (unpaired) electrons. The Kier molecular flexibility index (Phi) is 4.00. The highest BCUT2D eigenvalue weighted by molar-refractivity contribution is 7.04. The van der Waals surface area contributed by atoms with E-state index in [9.17, 15) is 0 Å². The quantitative estimate of drug-likeness (QED) is 0.299. The number of hydrogen-bond acceptors (Lipinski definition) is 2. The predicted octanol–water partition coefficient (Wildman–Crippen LogP) is 6.04. The summed E-state index contributed by atoms with van der Waals surface area (Å²) in [7, 11) is -2.03. The summed E-state index contributed by atoms with van der Waals surface area (Å²) in [6.45, 7) is 4.86. The maximum Gasteiger partial charge on any atom is 0.162 e. The van der Waals surface area contributed by atoms with Crippen LogP contribution in [0.1, 0.15) is 0 Å². The molecule has 0 bridgehead atoms. The van der Waals surface area contributed by atoms with E-state index in [2.05, 4.69) is 115 Å². The van der Waals surface area contributed by atoms with Crippen molar-refractivity contribution in [3.8, 4) is 28.5 Å². The lowest BCUT2D eigenvalue weighted by atomic mass is 10.1. The van der Waals surface area contributed by atoms with Crippen LogP contribution in [0.4, 0.5) is 0 Å². The van der Waals surface area contributed by atoms with Gasteiger partial charge in [0, 0.05) is 21.5 Å². The van der Waals surface area contributed by atoms with Gasteiger partial charge in [-0.05, 0) is 22.9 Å². The van der Waals surface area contributed by atoms with E-state index in [-0.39, 0.29) is 0 Å². The molecule has 0 spiro atoms. The highest BCUT2D eigenvalue weighted by Crippen LogP contribution is 2.35. The minimum atomic E-state index is -2.03. The number of rotatable bonds is 2. The lowest BCUT2D eigenvalue weighted by molar-refractivity contribution is 1.06. The number of fused-ring (bicyclic) bond motifs is 6. The predicted molar refractivity (Wildman–Crippen MR) is 144 cm³/mol. The summed E-state index contributed by atoms with van der Waals surface area (Å²) in [5.74, 6) is 1.80. The van der Waals surface area contributed by atoms with Gasteiger partial charge in [-0.2, -0.15) is 0 Å². The smallest absolute Gasteiger partial charge is 0.162 e. The Balaban J connectivity index is 1.67. The molecule has 7 rings (SSSR count). The summed E-state index contributed by atoms with van der Waals surface area (Å²) in [6, 6.07) is 36.5. The van der Waals surface area contributed by atoms with Crippen LogP contribution in [0.3, 0.4) is 0 Å². The van der Waals surface area contributed by atoms with Gasteiger partial charge in [0.1, 0.15) is 13.9 Å². The van der Waals surface area contributed by atoms with Crippen LogP contribution in [0.25, 0.3) is 50.3 Å².